The first-order valence-corrected chi connectivity index (χ1v) is 9.15. The zero-order valence-corrected chi connectivity index (χ0v) is 15.2. The number of amides is 2. The average Bonchev–Trinajstić information content (AvgIpc) is 3.11. The Labute approximate surface area is 152 Å². The minimum absolute atomic E-state index is 0.0390. The van der Waals surface area contributed by atoms with Crippen molar-refractivity contribution in [2.45, 2.75) is 44.8 Å². The van der Waals surface area contributed by atoms with E-state index in [1.54, 1.807) is 0 Å². The summed E-state index contributed by atoms with van der Waals surface area (Å²) in [5, 5.41) is 7.02. The highest BCUT2D eigenvalue weighted by Gasteiger charge is 2.42. The minimum Gasteiger partial charge on any atom is -0.375 e. The van der Waals surface area contributed by atoms with Gasteiger partial charge in [-0.2, -0.15) is 4.98 Å². The highest BCUT2D eigenvalue weighted by atomic mass is 16.5. The Morgan fingerprint density at radius 1 is 1.27 bits per heavy atom. The number of carbonyl (C=O) groups excluding carboxylic acids is 1. The lowest BCUT2D eigenvalue weighted by molar-refractivity contribution is -0.169. The summed E-state index contributed by atoms with van der Waals surface area (Å²) in [5.74, 6) is 0.952. The lowest BCUT2D eigenvalue weighted by atomic mass is 9.84. The van der Waals surface area contributed by atoms with Crippen molar-refractivity contribution >= 4 is 6.03 Å². The number of piperidine rings is 1. The summed E-state index contributed by atoms with van der Waals surface area (Å²) >= 11 is 0. The molecule has 1 atom stereocenters. The van der Waals surface area contributed by atoms with Crippen LogP contribution in [0.3, 0.4) is 0 Å². The van der Waals surface area contributed by atoms with Crippen molar-refractivity contribution in [2.75, 3.05) is 19.7 Å². The van der Waals surface area contributed by atoms with Gasteiger partial charge in [-0.1, -0.05) is 29.4 Å². The van der Waals surface area contributed by atoms with E-state index >= 15 is 0 Å². The van der Waals surface area contributed by atoms with Crippen LogP contribution in [-0.2, 0) is 4.74 Å². The van der Waals surface area contributed by atoms with E-state index in [1.165, 1.54) is 0 Å². The highest BCUT2D eigenvalue weighted by Crippen LogP contribution is 2.36. The molecule has 2 amide bonds. The number of carbonyl (C=O) groups is 1. The van der Waals surface area contributed by atoms with Crippen LogP contribution in [0.15, 0.2) is 28.8 Å². The standard InChI is InChI=1S/C19H24N4O3/c1-13-5-3-4-6-15(13)16-21-17(26-22-16)14(2)20-18(24)23-10-7-19(8-11-23)9-12-25-19/h3-6,14H,7-12H2,1-2H3,(H,20,24)/t14-/m1/s1. The van der Waals surface area contributed by atoms with Crippen LogP contribution in [0, 0.1) is 6.92 Å². The van der Waals surface area contributed by atoms with E-state index in [4.69, 9.17) is 9.26 Å². The summed E-state index contributed by atoms with van der Waals surface area (Å²) in [7, 11) is 0. The molecule has 0 bridgehead atoms. The maximum atomic E-state index is 12.5. The van der Waals surface area contributed by atoms with E-state index < -0.39 is 0 Å². The van der Waals surface area contributed by atoms with Gasteiger partial charge >= 0.3 is 6.03 Å². The number of nitrogens with one attached hydrogen (secondary N) is 1. The Balaban J connectivity index is 1.37. The molecule has 7 heteroatoms. The third-order valence-corrected chi connectivity index (χ3v) is 5.47. The number of aromatic nitrogens is 2. The van der Waals surface area contributed by atoms with E-state index in [9.17, 15) is 4.79 Å². The SMILES string of the molecule is Cc1ccccc1-c1noc([C@@H](C)NC(=O)N2CCC3(CCO3)CC2)n1. The molecule has 2 aromatic rings. The topological polar surface area (TPSA) is 80.5 Å². The molecule has 1 N–H and O–H groups in total. The molecule has 1 aromatic heterocycles. The van der Waals surface area contributed by atoms with Gasteiger partial charge in [0.1, 0.15) is 6.04 Å². The first-order valence-electron chi connectivity index (χ1n) is 9.15. The molecule has 2 saturated heterocycles. The van der Waals surface area contributed by atoms with Crippen LogP contribution in [0.4, 0.5) is 4.79 Å². The molecule has 138 valence electrons. The fraction of sp³-hybridized carbons (Fsp3) is 0.526. The molecule has 2 aliphatic rings. The number of hydrogen-bond acceptors (Lipinski definition) is 5. The lowest BCUT2D eigenvalue weighted by Crippen LogP contribution is -2.55. The van der Waals surface area contributed by atoms with Gasteiger partial charge in [-0.25, -0.2) is 4.79 Å². The van der Waals surface area contributed by atoms with E-state index in [0.29, 0.717) is 11.7 Å². The molecule has 2 fully saturated rings. The lowest BCUT2D eigenvalue weighted by Gasteiger charge is -2.47. The molecule has 0 aliphatic carbocycles. The first kappa shape index (κ1) is 17.0. The zero-order valence-electron chi connectivity index (χ0n) is 15.2. The van der Waals surface area contributed by atoms with Crippen molar-refractivity contribution in [1.82, 2.24) is 20.4 Å². The molecule has 7 nitrogen and oxygen atoms in total. The van der Waals surface area contributed by atoms with Gasteiger partial charge in [-0.3, -0.25) is 0 Å². The van der Waals surface area contributed by atoms with Gasteiger partial charge in [0.15, 0.2) is 0 Å². The van der Waals surface area contributed by atoms with Gasteiger partial charge in [0.2, 0.25) is 11.7 Å². The number of hydrogen-bond donors (Lipinski definition) is 1. The van der Waals surface area contributed by atoms with Crippen LogP contribution in [0.25, 0.3) is 11.4 Å². The largest absolute Gasteiger partial charge is 0.375 e. The number of nitrogens with zero attached hydrogens (tertiary/aromatic N) is 3. The van der Waals surface area contributed by atoms with Crippen molar-refractivity contribution in [1.29, 1.82) is 0 Å². The molecule has 2 aliphatic heterocycles. The molecule has 1 aromatic carbocycles. The second-order valence-corrected chi connectivity index (χ2v) is 7.21. The smallest absolute Gasteiger partial charge is 0.318 e. The molecule has 0 radical (unpaired) electrons. The summed E-state index contributed by atoms with van der Waals surface area (Å²) in [6.45, 7) is 6.15. The van der Waals surface area contributed by atoms with Crippen LogP contribution in [-0.4, -0.2) is 46.4 Å². The van der Waals surface area contributed by atoms with Gasteiger partial charge < -0.3 is 19.5 Å². The maximum absolute atomic E-state index is 12.5. The van der Waals surface area contributed by atoms with Crippen LogP contribution in [0.2, 0.25) is 0 Å². The van der Waals surface area contributed by atoms with Crippen LogP contribution >= 0.6 is 0 Å². The van der Waals surface area contributed by atoms with Crippen molar-refractivity contribution in [3.8, 4) is 11.4 Å². The number of aryl methyl sites for hydroxylation is 1. The molecule has 4 rings (SSSR count). The fourth-order valence-corrected chi connectivity index (χ4v) is 3.58. The minimum atomic E-state index is -0.344. The van der Waals surface area contributed by atoms with Crippen molar-refractivity contribution in [3.05, 3.63) is 35.7 Å². The summed E-state index contributed by atoms with van der Waals surface area (Å²) in [4.78, 5) is 18.8. The Morgan fingerprint density at radius 3 is 2.65 bits per heavy atom. The Hall–Kier alpha value is -2.41. The normalized spacial score (nSPS) is 19.8. The first-order chi connectivity index (χ1) is 12.6. The van der Waals surface area contributed by atoms with Crippen molar-refractivity contribution in [2.24, 2.45) is 0 Å². The molecule has 1 spiro atoms. The van der Waals surface area contributed by atoms with Crippen molar-refractivity contribution in [3.63, 3.8) is 0 Å². The van der Waals surface area contributed by atoms with Crippen LogP contribution in [0.5, 0.6) is 0 Å². The highest BCUT2D eigenvalue weighted by molar-refractivity contribution is 5.74. The summed E-state index contributed by atoms with van der Waals surface area (Å²) < 4.78 is 11.1. The number of likely N-dealkylation sites (tertiary alicyclic amines) is 1. The van der Waals surface area contributed by atoms with Gasteiger partial charge in [-0.05, 0) is 38.7 Å². The molecule has 26 heavy (non-hydrogen) atoms. The molecular formula is C19H24N4O3. The Morgan fingerprint density at radius 2 is 2.00 bits per heavy atom. The predicted molar refractivity (Wildman–Crippen MR) is 95.5 cm³/mol. The third-order valence-electron chi connectivity index (χ3n) is 5.47. The average molecular weight is 356 g/mol. The molecule has 0 saturated carbocycles. The number of benzene rings is 1. The van der Waals surface area contributed by atoms with Crippen molar-refractivity contribution < 1.29 is 14.1 Å². The predicted octanol–water partition coefficient (Wildman–Crippen LogP) is 3.07. The van der Waals surface area contributed by atoms with Gasteiger partial charge in [0.05, 0.1) is 12.2 Å². The molecular weight excluding hydrogens is 332 g/mol. The van der Waals surface area contributed by atoms with Gasteiger partial charge in [0.25, 0.3) is 0 Å². The number of ether oxygens (including phenoxy) is 1. The van der Waals surface area contributed by atoms with E-state index in [1.807, 2.05) is 43.0 Å². The quantitative estimate of drug-likeness (QED) is 0.914. The van der Waals surface area contributed by atoms with E-state index in [-0.39, 0.29) is 17.7 Å². The van der Waals surface area contributed by atoms with Gasteiger partial charge in [-0.15, -0.1) is 0 Å². The Bertz CT molecular complexity index is 790. The molecule has 0 unspecified atom stereocenters. The summed E-state index contributed by atoms with van der Waals surface area (Å²) in [5.41, 5.74) is 2.05. The second-order valence-electron chi connectivity index (χ2n) is 7.21. The zero-order chi connectivity index (χ0) is 18.1. The van der Waals surface area contributed by atoms with Gasteiger partial charge in [0, 0.05) is 18.7 Å². The summed E-state index contributed by atoms with van der Waals surface area (Å²) in [6, 6.07) is 7.44. The van der Waals surface area contributed by atoms with Crippen LogP contribution in [0.1, 0.15) is 43.7 Å². The number of rotatable bonds is 3. The third kappa shape index (κ3) is 3.19. The second kappa shape index (κ2) is 6.72. The number of urea groups is 1. The van der Waals surface area contributed by atoms with Crippen LogP contribution < -0.4 is 5.32 Å². The Kier molecular flexibility index (Phi) is 4.40. The summed E-state index contributed by atoms with van der Waals surface area (Å²) in [6.07, 6.45) is 2.93. The van der Waals surface area contributed by atoms with E-state index in [2.05, 4.69) is 15.5 Å². The van der Waals surface area contributed by atoms with E-state index in [0.717, 1.165) is 50.1 Å². The fourth-order valence-electron chi connectivity index (χ4n) is 3.58. The molecule has 3 heterocycles. The monoisotopic (exact) mass is 356 g/mol. The maximum Gasteiger partial charge on any atom is 0.318 e.